The average Bonchev–Trinajstić information content (AvgIpc) is 2.40. The maximum Gasteiger partial charge on any atom is 0.124 e. The van der Waals surface area contributed by atoms with Crippen molar-refractivity contribution in [3.05, 3.63) is 51.8 Å². The van der Waals surface area contributed by atoms with Crippen molar-refractivity contribution < 1.29 is 4.74 Å². The largest absolute Gasteiger partial charge is 0.486 e. The Labute approximate surface area is 133 Å². The molecule has 0 fully saturated rings. The van der Waals surface area contributed by atoms with Gasteiger partial charge in [-0.25, -0.2) is 0 Å². The van der Waals surface area contributed by atoms with Gasteiger partial charge in [0.25, 0.3) is 0 Å². The number of nitrogens with one attached hydrogen (secondary N) is 1. The summed E-state index contributed by atoms with van der Waals surface area (Å²) in [7, 11) is 0. The molecule has 2 aromatic rings. The van der Waals surface area contributed by atoms with Crippen LogP contribution in [0.1, 0.15) is 31.1 Å². The van der Waals surface area contributed by atoms with Crippen LogP contribution in [0.15, 0.2) is 30.6 Å². The van der Waals surface area contributed by atoms with Crippen molar-refractivity contribution in [3.63, 3.8) is 0 Å². The number of nitrogens with zero attached hydrogens (tertiary/aromatic N) is 1. The lowest BCUT2D eigenvalue weighted by molar-refractivity contribution is 0.227. The van der Waals surface area contributed by atoms with Crippen molar-refractivity contribution in [1.82, 2.24) is 4.98 Å². The molecule has 0 radical (unpaired) electrons. The Bertz CT molecular complexity index is 668. The van der Waals surface area contributed by atoms with Crippen LogP contribution < -0.4 is 10.5 Å². The molecule has 6 heteroatoms. The van der Waals surface area contributed by atoms with Gasteiger partial charge in [0.15, 0.2) is 0 Å². The summed E-state index contributed by atoms with van der Waals surface area (Å²) in [5.74, 6) is 0.599. The summed E-state index contributed by atoms with van der Waals surface area (Å²) in [5.41, 5.74) is 8.08. The number of ether oxygens (including phenoxy) is 1. The highest BCUT2D eigenvalue weighted by Crippen LogP contribution is 2.33. The molecule has 0 aliphatic heterocycles. The van der Waals surface area contributed by atoms with E-state index >= 15 is 0 Å². The van der Waals surface area contributed by atoms with Crippen LogP contribution in [-0.4, -0.2) is 10.7 Å². The van der Waals surface area contributed by atoms with Gasteiger partial charge in [-0.05, 0) is 32.0 Å². The van der Waals surface area contributed by atoms with Crippen LogP contribution in [0.2, 0.25) is 10.0 Å². The molecule has 4 nitrogen and oxygen atoms in total. The van der Waals surface area contributed by atoms with E-state index in [1.807, 2.05) is 6.92 Å². The number of hydrogen-bond acceptors (Lipinski definition) is 4. The summed E-state index contributed by atoms with van der Waals surface area (Å²) in [4.78, 5) is 3.92. The molecule has 0 saturated carbocycles. The lowest BCUT2D eigenvalue weighted by Crippen LogP contribution is -2.07. The standard InChI is InChI=1S/C15H15Cl2N3O/c1-8(18)11-5-10(3-4-14(11)19)21-9(2)15-12(16)6-20-7-13(15)17/h3-7,9,18H,19H2,1-2H3. The SMILES string of the molecule is CC(=N)c1cc(OC(C)c2c(Cl)cncc2Cl)ccc1N. The summed E-state index contributed by atoms with van der Waals surface area (Å²) in [6.07, 6.45) is 2.70. The maximum atomic E-state index is 7.70. The quantitative estimate of drug-likeness (QED) is 0.642. The number of aromatic nitrogens is 1. The third-order valence-electron chi connectivity index (χ3n) is 3.04. The van der Waals surface area contributed by atoms with Crippen LogP contribution in [0.25, 0.3) is 0 Å². The molecule has 0 saturated heterocycles. The number of nitrogen functional groups attached to an aromatic ring is 1. The molecule has 0 amide bonds. The first-order valence-corrected chi connectivity index (χ1v) is 7.06. The van der Waals surface area contributed by atoms with Gasteiger partial charge >= 0.3 is 0 Å². The van der Waals surface area contributed by atoms with E-state index in [2.05, 4.69) is 4.98 Å². The van der Waals surface area contributed by atoms with Crippen LogP contribution >= 0.6 is 23.2 Å². The molecule has 1 unspecified atom stereocenters. The van der Waals surface area contributed by atoms with Gasteiger partial charge in [-0.2, -0.15) is 0 Å². The molecule has 0 aliphatic rings. The smallest absolute Gasteiger partial charge is 0.124 e. The Hall–Kier alpha value is -1.78. The van der Waals surface area contributed by atoms with E-state index in [4.69, 9.17) is 39.1 Å². The lowest BCUT2D eigenvalue weighted by Gasteiger charge is -2.18. The molecular formula is C15H15Cl2N3O. The second-order valence-corrected chi connectivity index (χ2v) is 5.47. The van der Waals surface area contributed by atoms with E-state index in [0.29, 0.717) is 38.3 Å². The first-order valence-electron chi connectivity index (χ1n) is 6.30. The Kier molecular flexibility index (Phi) is 4.70. The number of halogens is 2. The molecule has 1 heterocycles. The monoisotopic (exact) mass is 323 g/mol. The van der Waals surface area contributed by atoms with E-state index < -0.39 is 0 Å². The number of pyridine rings is 1. The zero-order valence-electron chi connectivity index (χ0n) is 11.7. The van der Waals surface area contributed by atoms with Gasteiger partial charge < -0.3 is 15.9 Å². The van der Waals surface area contributed by atoms with Gasteiger partial charge in [0.05, 0.1) is 10.0 Å². The first kappa shape index (κ1) is 15.6. The Morgan fingerprint density at radius 2 is 1.90 bits per heavy atom. The fourth-order valence-corrected chi connectivity index (χ4v) is 2.68. The van der Waals surface area contributed by atoms with Crippen LogP contribution in [-0.2, 0) is 0 Å². The minimum absolute atomic E-state index is 0.351. The molecule has 3 N–H and O–H groups in total. The molecule has 0 spiro atoms. The number of benzene rings is 1. The van der Waals surface area contributed by atoms with Crippen LogP contribution in [0.3, 0.4) is 0 Å². The molecule has 2 rings (SSSR count). The number of hydrogen-bond donors (Lipinski definition) is 2. The van der Waals surface area contributed by atoms with Gasteiger partial charge in [0.2, 0.25) is 0 Å². The fourth-order valence-electron chi connectivity index (χ4n) is 2.01. The van der Waals surface area contributed by atoms with Crippen LogP contribution in [0.4, 0.5) is 5.69 Å². The number of nitrogens with two attached hydrogens (primary N) is 1. The summed E-state index contributed by atoms with van der Waals surface area (Å²) in [6.45, 7) is 3.52. The zero-order valence-corrected chi connectivity index (χ0v) is 13.2. The fraction of sp³-hybridized carbons (Fsp3) is 0.200. The minimum atomic E-state index is -0.351. The van der Waals surface area contributed by atoms with E-state index in [1.54, 1.807) is 25.1 Å². The minimum Gasteiger partial charge on any atom is -0.486 e. The van der Waals surface area contributed by atoms with Gasteiger partial charge in [0, 0.05) is 34.9 Å². The van der Waals surface area contributed by atoms with Gasteiger partial charge in [-0.3, -0.25) is 4.98 Å². The molecule has 1 atom stereocenters. The van der Waals surface area contributed by atoms with Gasteiger partial charge in [-0.15, -0.1) is 0 Å². The predicted octanol–water partition coefficient (Wildman–Crippen LogP) is 4.50. The van der Waals surface area contributed by atoms with Crippen molar-refractivity contribution in [3.8, 4) is 5.75 Å². The topological polar surface area (TPSA) is 72.0 Å². The summed E-state index contributed by atoms with van der Waals surface area (Å²) in [5, 5.41) is 8.61. The summed E-state index contributed by atoms with van der Waals surface area (Å²) in [6, 6.07) is 5.20. The van der Waals surface area contributed by atoms with E-state index in [0.717, 1.165) is 0 Å². The Morgan fingerprint density at radius 3 is 2.48 bits per heavy atom. The number of anilines is 1. The second kappa shape index (κ2) is 6.33. The van der Waals surface area contributed by atoms with E-state index in [9.17, 15) is 0 Å². The van der Waals surface area contributed by atoms with Crippen molar-refractivity contribution in [2.24, 2.45) is 0 Å². The van der Waals surface area contributed by atoms with E-state index in [-0.39, 0.29) is 6.10 Å². The average molecular weight is 324 g/mol. The highest BCUT2D eigenvalue weighted by atomic mass is 35.5. The van der Waals surface area contributed by atoms with Gasteiger partial charge in [-0.1, -0.05) is 23.2 Å². The highest BCUT2D eigenvalue weighted by Gasteiger charge is 2.16. The lowest BCUT2D eigenvalue weighted by atomic mass is 10.1. The number of rotatable bonds is 4. The maximum absolute atomic E-state index is 7.70. The third kappa shape index (κ3) is 3.46. The molecule has 110 valence electrons. The van der Waals surface area contributed by atoms with Crippen LogP contribution in [0, 0.1) is 5.41 Å². The predicted molar refractivity (Wildman–Crippen MR) is 86.7 cm³/mol. The zero-order chi connectivity index (χ0) is 15.6. The molecule has 1 aromatic carbocycles. The molecule has 0 bridgehead atoms. The van der Waals surface area contributed by atoms with Crippen molar-refractivity contribution in [2.75, 3.05) is 5.73 Å². The third-order valence-corrected chi connectivity index (χ3v) is 3.64. The molecule has 21 heavy (non-hydrogen) atoms. The second-order valence-electron chi connectivity index (χ2n) is 4.65. The summed E-state index contributed by atoms with van der Waals surface area (Å²) < 4.78 is 5.86. The van der Waals surface area contributed by atoms with Crippen molar-refractivity contribution in [2.45, 2.75) is 20.0 Å². The molecular weight excluding hydrogens is 309 g/mol. The van der Waals surface area contributed by atoms with Crippen molar-refractivity contribution in [1.29, 1.82) is 5.41 Å². The van der Waals surface area contributed by atoms with Crippen LogP contribution in [0.5, 0.6) is 5.75 Å². The molecule has 1 aromatic heterocycles. The Balaban J connectivity index is 2.30. The first-order chi connectivity index (χ1) is 9.90. The van der Waals surface area contributed by atoms with Crippen molar-refractivity contribution >= 4 is 34.6 Å². The Morgan fingerprint density at radius 1 is 1.29 bits per heavy atom. The van der Waals surface area contributed by atoms with E-state index in [1.165, 1.54) is 12.4 Å². The van der Waals surface area contributed by atoms with Gasteiger partial charge in [0.1, 0.15) is 11.9 Å². The highest BCUT2D eigenvalue weighted by molar-refractivity contribution is 6.35. The summed E-state index contributed by atoms with van der Waals surface area (Å²) >= 11 is 12.2. The normalized spacial score (nSPS) is 12.0. The molecule has 0 aliphatic carbocycles.